The summed E-state index contributed by atoms with van der Waals surface area (Å²) in [6.07, 6.45) is 6.16. The standard InChI is InChI=1S/C27H35Cl2N3O2S/c1-27(2)9-10-32(35(33,34)25-17-21(28)16-22(29)18-25)19-20-15-24(7-8-26(20)27)31-13-11-30(12-14-31)23-5-3-4-6-23/h7-8,15-18,23H,3-6,9-14,19H2,1-2H3. The number of fused-ring (bicyclic) bond motifs is 1. The zero-order chi connectivity index (χ0) is 24.8. The number of halogens is 2. The van der Waals surface area contributed by atoms with E-state index in [4.69, 9.17) is 23.2 Å². The van der Waals surface area contributed by atoms with Crippen molar-refractivity contribution in [3.8, 4) is 0 Å². The minimum atomic E-state index is -3.73. The maximum absolute atomic E-state index is 13.6. The van der Waals surface area contributed by atoms with Crippen LogP contribution in [0.15, 0.2) is 41.3 Å². The van der Waals surface area contributed by atoms with Crippen LogP contribution >= 0.6 is 23.2 Å². The van der Waals surface area contributed by atoms with E-state index in [1.807, 2.05) is 0 Å². The van der Waals surface area contributed by atoms with E-state index in [-0.39, 0.29) is 10.3 Å². The first-order chi connectivity index (χ1) is 16.6. The minimum absolute atomic E-state index is 0.120. The van der Waals surface area contributed by atoms with Crippen LogP contribution in [-0.4, -0.2) is 56.4 Å². The maximum Gasteiger partial charge on any atom is 0.243 e. The molecule has 0 radical (unpaired) electrons. The quantitative estimate of drug-likeness (QED) is 0.486. The molecule has 1 saturated carbocycles. The monoisotopic (exact) mass is 535 g/mol. The summed E-state index contributed by atoms with van der Waals surface area (Å²) in [7, 11) is -3.73. The summed E-state index contributed by atoms with van der Waals surface area (Å²) in [4.78, 5) is 5.27. The van der Waals surface area contributed by atoms with E-state index in [0.29, 0.717) is 23.1 Å². The van der Waals surface area contributed by atoms with Crippen molar-refractivity contribution in [1.29, 1.82) is 0 Å². The molecular weight excluding hydrogens is 501 g/mol. The molecule has 0 amide bonds. The maximum atomic E-state index is 13.6. The van der Waals surface area contributed by atoms with Gasteiger partial charge in [0.25, 0.3) is 0 Å². The number of anilines is 1. The van der Waals surface area contributed by atoms with Crippen LogP contribution in [0.5, 0.6) is 0 Å². The van der Waals surface area contributed by atoms with Crippen molar-refractivity contribution in [3.05, 3.63) is 57.6 Å². The highest BCUT2D eigenvalue weighted by Gasteiger charge is 2.35. The summed E-state index contributed by atoms with van der Waals surface area (Å²) < 4.78 is 28.8. The second kappa shape index (κ2) is 9.86. The molecule has 3 aliphatic rings. The fourth-order valence-electron chi connectivity index (χ4n) is 6.02. The van der Waals surface area contributed by atoms with Gasteiger partial charge in [-0.2, -0.15) is 4.31 Å². The smallest absolute Gasteiger partial charge is 0.243 e. The molecule has 5 rings (SSSR count). The molecule has 2 aliphatic heterocycles. The Labute approximate surface area is 220 Å². The summed E-state index contributed by atoms with van der Waals surface area (Å²) >= 11 is 12.3. The molecular formula is C27H35Cl2N3O2S. The van der Waals surface area contributed by atoms with Gasteiger partial charge in [0.1, 0.15) is 0 Å². The van der Waals surface area contributed by atoms with E-state index >= 15 is 0 Å². The van der Waals surface area contributed by atoms with Crippen LogP contribution < -0.4 is 4.90 Å². The van der Waals surface area contributed by atoms with Gasteiger partial charge in [-0.1, -0.05) is 56.0 Å². The summed E-state index contributed by atoms with van der Waals surface area (Å²) in [6, 6.07) is 12.0. The van der Waals surface area contributed by atoms with Crippen molar-refractivity contribution in [3.63, 3.8) is 0 Å². The van der Waals surface area contributed by atoms with Gasteiger partial charge in [-0.15, -0.1) is 0 Å². The second-order valence-electron chi connectivity index (χ2n) is 10.9. The highest BCUT2D eigenvalue weighted by molar-refractivity contribution is 7.89. The first-order valence-corrected chi connectivity index (χ1v) is 14.9. The predicted octanol–water partition coefficient (Wildman–Crippen LogP) is 5.93. The summed E-state index contributed by atoms with van der Waals surface area (Å²) in [5.74, 6) is 0. The molecule has 2 aromatic carbocycles. The minimum Gasteiger partial charge on any atom is -0.369 e. The van der Waals surface area contributed by atoms with Crippen molar-refractivity contribution in [2.24, 2.45) is 0 Å². The summed E-state index contributed by atoms with van der Waals surface area (Å²) in [5.41, 5.74) is 3.38. The molecule has 1 aliphatic carbocycles. The Morgan fingerprint density at radius 3 is 2.20 bits per heavy atom. The molecule has 0 bridgehead atoms. The Kier molecular flexibility index (Phi) is 7.14. The van der Waals surface area contributed by atoms with E-state index in [1.165, 1.54) is 49.1 Å². The van der Waals surface area contributed by atoms with E-state index in [0.717, 1.165) is 44.2 Å². The Balaban J connectivity index is 1.40. The predicted molar refractivity (Wildman–Crippen MR) is 144 cm³/mol. The van der Waals surface area contributed by atoms with Gasteiger partial charge in [-0.3, -0.25) is 4.90 Å². The lowest BCUT2D eigenvalue weighted by Gasteiger charge is -2.39. The van der Waals surface area contributed by atoms with Crippen LogP contribution in [0.3, 0.4) is 0 Å². The molecule has 0 spiro atoms. The molecule has 2 heterocycles. The third-order valence-corrected chi connectivity index (χ3v) is 10.4. The lowest BCUT2D eigenvalue weighted by atomic mass is 9.80. The van der Waals surface area contributed by atoms with Gasteiger partial charge >= 0.3 is 0 Å². The molecule has 35 heavy (non-hydrogen) atoms. The van der Waals surface area contributed by atoms with Crippen molar-refractivity contribution in [1.82, 2.24) is 9.21 Å². The van der Waals surface area contributed by atoms with Gasteiger partial charge in [0.2, 0.25) is 10.0 Å². The van der Waals surface area contributed by atoms with E-state index in [1.54, 1.807) is 10.4 Å². The van der Waals surface area contributed by atoms with E-state index in [2.05, 4.69) is 41.8 Å². The number of benzene rings is 2. The normalized spacial score (nSPS) is 22.2. The average molecular weight is 537 g/mol. The van der Waals surface area contributed by atoms with Crippen LogP contribution in [0, 0.1) is 0 Å². The van der Waals surface area contributed by atoms with Crippen LogP contribution in [0.2, 0.25) is 10.0 Å². The number of hydrogen-bond donors (Lipinski definition) is 0. The lowest BCUT2D eigenvalue weighted by molar-refractivity contribution is 0.187. The number of sulfonamides is 1. The first kappa shape index (κ1) is 25.3. The topological polar surface area (TPSA) is 43.9 Å². The Hall–Kier alpha value is -1.31. The average Bonchev–Trinajstić information content (AvgIpc) is 3.31. The van der Waals surface area contributed by atoms with E-state index in [9.17, 15) is 8.42 Å². The van der Waals surface area contributed by atoms with Crippen molar-refractivity contribution in [2.75, 3.05) is 37.6 Å². The molecule has 0 N–H and O–H groups in total. The SMILES string of the molecule is CC1(C)CCN(S(=O)(=O)c2cc(Cl)cc(Cl)c2)Cc2cc(N3CCN(C4CCCC4)CC3)ccc21. The fourth-order valence-corrected chi connectivity index (χ4v) is 8.17. The van der Waals surface area contributed by atoms with Crippen LogP contribution in [0.1, 0.15) is 57.1 Å². The fraction of sp³-hybridized carbons (Fsp3) is 0.556. The van der Waals surface area contributed by atoms with Crippen molar-refractivity contribution in [2.45, 2.75) is 68.8 Å². The van der Waals surface area contributed by atoms with Gasteiger partial charge in [0, 0.05) is 61.0 Å². The number of piperazine rings is 1. The molecule has 1 saturated heterocycles. The molecule has 0 unspecified atom stereocenters. The van der Waals surface area contributed by atoms with Crippen molar-refractivity contribution < 1.29 is 8.42 Å². The highest BCUT2D eigenvalue weighted by atomic mass is 35.5. The largest absolute Gasteiger partial charge is 0.369 e. The molecule has 2 aromatic rings. The third-order valence-electron chi connectivity index (χ3n) is 8.15. The lowest BCUT2D eigenvalue weighted by Crippen LogP contribution is -2.49. The zero-order valence-corrected chi connectivity index (χ0v) is 23.0. The van der Waals surface area contributed by atoms with Gasteiger partial charge in [-0.05, 0) is 66.1 Å². The van der Waals surface area contributed by atoms with Gasteiger partial charge in [-0.25, -0.2) is 8.42 Å². The van der Waals surface area contributed by atoms with Gasteiger partial charge in [0.15, 0.2) is 0 Å². The molecule has 2 fully saturated rings. The van der Waals surface area contributed by atoms with E-state index < -0.39 is 10.0 Å². The van der Waals surface area contributed by atoms with Crippen LogP contribution in [-0.2, 0) is 22.0 Å². The van der Waals surface area contributed by atoms with Gasteiger partial charge < -0.3 is 4.90 Å². The molecule has 0 atom stereocenters. The first-order valence-electron chi connectivity index (χ1n) is 12.7. The third kappa shape index (κ3) is 5.24. The van der Waals surface area contributed by atoms with Gasteiger partial charge in [0.05, 0.1) is 4.90 Å². The summed E-state index contributed by atoms with van der Waals surface area (Å²) in [5, 5.41) is 0.649. The molecule has 0 aromatic heterocycles. The van der Waals surface area contributed by atoms with Crippen LogP contribution in [0.4, 0.5) is 5.69 Å². The second-order valence-corrected chi connectivity index (χ2v) is 13.7. The molecule has 5 nitrogen and oxygen atoms in total. The number of rotatable bonds is 4. The zero-order valence-electron chi connectivity index (χ0n) is 20.6. The Morgan fingerprint density at radius 2 is 1.54 bits per heavy atom. The number of nitrogens with zero attached hydrogens (tertiary/aromatic N) is 3. The Bertz CT molecular complexity index is 1170. The summed E-state index contributed by atoms with van der Waals surface area (Å²) in [6.45, 7) is 9.44. The molecule has 8 heteroatoms. The highest BCUT2D eigenvalue weighted by Crippen LogP contribution is 2.38. The van der Waals surface area contributed by atoms with Crippen LogP contribution in [0.25, 0.3) is 0 Å². The molecule has 190 valence electrons. The number of hydrogen-bond acceptors (Lipinski definition) is 4. The Morgan fingerprint density at radius 1 is 0.886 bits per heavy atom. The van der Waals surface area contributed by atoms with Crippen molar-refractivity contribution >= 4 is 38.9 Å².